The molecule has 0 unspecified atom stereocenters. The molecule has 2 rings (SSSR count). The Kier molecular flexibility index (Phi) is 3.77. The van der Waals surface area contributed by atoms with E-state index in [1.807, 2.05) is 60.0 Å². The summed E-state index contributed by atoms with van der Waals surface area (Å²) >= 11 is 0. The minimum Gasteiger partial charge on any atom is -0.455 e. The summed E-state index contributed by atoms with van der Waals surface area (Å²) in [6, 6.07) is 9.04. The van der Waals surface area contributed by atoms with Crippen LogP contribution >= 0.6 is 0 Å². The highest BCUT2D eigenvalue weighted by Gasteiger charge is 2.14. The van der Waals surface area contributed by atoms with Crippen molar-refractivity contribution in [2.45, 2.75) is 19.6 Å². The lowest BCUT2D eigenvalue weighted by Crippen LogP contribution is -2.25. The first-order chi connectivity index (χ1) is 8.65. The summed E-state index contributed by atoms with van der Waals surface area (Å²) in [5, 5.41) is 0. The van der Waals surface area contributed by atoms with Crippen LogP contribution in [0, 0.1) is 0 Å². The molecule has 1 aromatic carbocycles. The van der Waals surface area contributed by atoms with E-state index in [1.165, 1.54) is 0 Å². The molecule has 0 fully saturated rings. The van der Waals surface area contributed by atoms with Gasteiger partial charge in [0.1, 0.15) is 25.0 Å². The number of hydrogen-bond acceptors (Lipinski definition) is 2. The Morgan fingerprint density at radius 3 is 2.72 bits per heavy atom. The highest BCUT2D eigenvalue weighted by molar-refractivity contribution is 5.89. The van der Waals surface area contributed by atoms with E-state index in [0.717, 1.165) is 0 Å². The summed E-state index contributed by atoms with van der Waals surface area (Å²) in [7, 11) is 1.96. The van der Waals surface area contributed by atoms with E-state index >= 15 is 0 Å². The van der Waals surface area contributed by atoms with Crippen LogP contribution in [0.25, 0.3) is 0 Å². The average molecular weight is 245 g/mol. The van der Waals surface area contributed by atoms with E-state index in [2.05, 4.69) is 0 Å². The number of aryl methyl sites for hydroxylation is 1. The summed E-state index contributed by atoms with van der Waals surface area (Å²) in [6.07, 6.45) is 5.69. The van der Waals surface area contributed by atoms with E-state index in [9.17, 15) is 4.79 Å². The number of aromatic nitrogens is 2. The largest absolute Gasteiger partial charge is 0.455 e. The van der Waals surface area contributed by atoms with Gasteiger partial charge in [0.25, 0.3) is 0 Å². The first-order valence-corrected chi connectivity index (χ1v) is 5.92. The van der Waals surface area contributed by atoms with Crippen LogP contribution in [0.2, 0.25) is 0 Å². The minimum absolute atomic E-state index is 0.162. The van der Waals surface area contributed by atoms with Crippen molar-refractivity contribution in [1.29, 1.82) is 0 Å². The molecule has 0 spiro atoms. The summed E-state index contributed by atoms with van der Waals surface area (Å²) in [6.45, 7) is 2.54. The molecule has 0 saturated carbocycles. The van der Waals surface area contributed by atoms with Crippen LogP contribution in [-0.2, 0) is 18.3 Å². The second-order valence-electron chi connectivity index (χ2n) is 4.36. The van der Waals surface area contributed by atoms with Gasteiger partial charge in [-0.05, 0) is 19.1 Å². The van der Waals surface area contributed by atoms with Crippen LogP contribution in [0.5, 0.6) is 0 Å². The van der Waals surface area contributed by atoms with Crippen molar-refractivity contribution in [2.24, 2.45) is 7.05 Å². The van der Waals surface area contributed by atoms with Crippen LogP contribution < -0.4 is 4.57 Å². The molecule has 4 heteroatoms. The van der Waals surface area contributed by atoms with Gasteiger partial charge in [-0.15, -0.1) is 0 Å². The van der Waals surface area contributed by atoms with Gasteiger partial charge in [0.15, 0.2) is 0 Å². The Hall–Kier alpha value is -2.10. The van der Waals surface area contributed by atoms with Gasteiger partial charge in [-0.25, -0.2) is 13.9 Å². The first-order valence-electron chi connectivity index (χ1n) is 5.92. The summed E-state index contributed by atoms with van der Waals surface area (Å²) < 4.78 is 9.32. The normalized spacial score (nSPS) is 12.1. The lowest BCUT2D eigenvalue weighted by Gasteiger charge is -2.11. The standard InChI is InChI=1S/C14H17N2O2/c1-12(10-16-9-8-15(2)11-16)18-14(17)13-6-4-3-5-7-13/h3-9,11-12H,10H2,1-2H3/q+1/t12-/m0/s1. The number of hydrogen-bond donors (Lipinski definition) is 0. The molecule has 0 saturated heterocycles. The number of benzene rings is 1. The molecule has 1 heterocycles. The molecule has 0 N–H and O–H groups in total. The predicted molar refractivity (Wildman–Crippen MR) is 66.9 cm³/mol. The van der Waals surface area contributed by atoms with Crippen molar-refractivity contribution in [2.75, 3.05) is 0 Å². The monoisotopic (exact) mass is 245 g/mol. The number of nitrogens with zero attached hydrogens (tertiary/aromatic N) is 2. The third kappa shape index (κ3) is 3.20. The fraction of sp³-hybridized carbons (Fsp3) is 0.286. The highest BCUT2D eigenvalue weighted by atomic mass is 16.5. The van der Waals surface area contributed by atoms with Gasteiger partial charge in [0, 0.05) is 0 Å². The maximum absolute atomic E-state index is 11.8. The summed E-state index contributed by atoms with van der Waals surface area (Å²) in [4.78, 5) is 11.8. The van der Waals surface area contributed by atoms with Gasteiger partial charge in [-0.1, -0.05) is 18.2 Å². The van der Waals surface area contributed by atoms with Gasteiger partial charge in [-0.2, -0.15) is 0 Å². The maximum atomic E-state index is 11.8. The van der Waals surface area contributed by atoms with Crippen molar-refractivity contribution in [3.63, 3.8) is 0 Å². The third-order valence-corrected chi connectivity index (χ3v) is 2.61. The van der Waals surface area contributed by atoms with E-state index in [4.69, 9.17) is 4.74 Å². The zero-order valence-electron chi connectivity index (χ0n) is 10.6. The van der Waals surface area contributed by atoms with Crippen molar-refractivity contribution in [1.82, 2.24) is 4.57 Å². The van der Waals surface area contributed by atoms with Crippen molar-refractivity contribution in [3.05, 3.63) is 54.6 Å². The SMILES string of the molecule is C[C@@H](Cn1cc[n+](C)c1)OC(=O)c1ccccc1. The molecular weight excluding hydrogens is 228 g/mol. The number of carbonyl (C=O) groups excluding carboxylic acids is 1. The molecule has 4 nitrogen and oxygen atoms in total. The second kappa shape index (κ2) is 5.49. The number of ether oxygens (including phenoxy) is 1. The number of rotatable bonds is 4. The van der Waals surface area contributed by atoms with Crippen LogP contribution in [0.1, 0.15) is 17.3 Å². The molecule has 1 aromatic heterocycles. The zero-order chi connectivity index (χ0) is 13.0. The summed E-state index contributed by atoms with van der Waals surface area (Å²) in [5.41, 5.74) is 0.586. The van der Waals surface area contributed by atoms with E-state index in [-0.39, 0.29) is 12.1 Å². The Balaban J connectivity index is 1.91. The fourth-order valence-corrected chi connectivity index (χ4v) is 1.77. The number of carbonyl (C=O) groups is 1. The molecule has 1 atom stereocenters. The molecule has 0 radical (unpaired) electrons. The predicted octanol–water partition coefficient (Wildman–Crippen LogP) is 1.56. The van der Waals surface area contributed by atoms with Gasteiger partial charge in [0.05, 0.1) is 12.6 Å². The Bertz CT molecular complexity index is 520. The molecule has 0 bridgehead atoms. The molecule has 18 heavy (non-hydrogen) atoms. The Labute approximate surface area is 106 Å². The molecule has 2 aromatic rings. The van der Waals surface area contributed by atoms with Crippen LogP contribution in [0.15, 0.2) is 49.1 Å². The molecule has 94 valence electrons. The Morgan fingerprint density at radius 2 is 2.11 bits per heavy atom. The van der Waals surface area contributed by atoms with Gasteiger partial charge in [0.2, 0.25) is 6.33 Å². The van der Waals surface area contributed by atoms with Crippen LogP contribution in [0.4, 0.5) is 0 Å². The number of esters is 1. The molecular formula is C14H17N2O2+. The maximum Gasteiger partial charge on any atom is 0.338 e. The topological polar surface area (TPSA) is 35.1 Å². The second-order valence-corrected chi connectivity index (χ2v) is 4.36. The lowest BCUT2D eigenvalue weighted by atomic mass is 10.2. The molecule has 0 aliphatic carbocycles. The van der Waals surface area contributed by atoms with Crippen molar-refractivity contribution in [3.8, 4) is 0 Å². The van der Waals surface area contributed by atoms with E-state index < -0.39 is 0 Å². The third-order valence-electron chi connectivity index (χ3n) is 2.61. The van der Waals surface area contributed by atoms with Crippen molar-refractivity contribution < 1.29 is 14.1 Å². The smallest absolute Gasteiger partial charge is 0.338 e. The number of imidazole rings is 1. The van der Waals surface area contributed by atoms with Gasteiger partial charge >= 0.3 is 5.97 Å². The van der Waals surface area contributed by atoms with Gasteiger partial charge < -0.3 is 4.74 Å². The average Bonchev–Trinajstić information content (AvgIpc) is 2.75. The fourth-order valence-electron chi connectivity index (χ4n) is 1.77. The Morgan fingerprint density at radius 1 is 1.39 bits per heavy atom. The molecule has 0 aliphatic rings. The first kappa shape index (κ1) is 12.4. The van der Waals surface area contributed by atoms with E-state index in [1.54, 1.807) is 12.1 Å². The summed E-state index contributed by atoms with van der Waals surface area (Å²) in [5.74, 6) is -0.278. The van der Waals surface area contributed by atoms with E-state index in [0.29, 0.717) is 12.1 Å². The van der Waals surface area contributed by atoms with Crippen LogP contribution in [-0.4, -0.2) is 16.6 Å². The van der Waals surface area contributed by atoms with Crippen molar-refractivity contribution >= 4 is 5.97 Å². The van der Waals surface area contributed by atoms with Gasteiger partial charge in [-0.3, -0.25) is 0 Å². The molecule has 0 amide bonds. The van der Waals surface area contributed by atoms with Crippen LogP contribution in [0.3, 0.4) is 0 Å². The minimum atomic E-state index is -0.278. The zero-order valence-corrected chi connectivity index (χ0v) is 10.6. The highest BCUT2D eigenvalue weighted by Crippen LogP contribution is 2.05. The quantitative estimate of drug-likeness (QED) is 0.605. The lowest BCUT2D eigenvalue weighted by molar-refractivity contribution is -0.671. The molecule has 0 aliphatic heterocycles.